The molecule has 1 aliphatic rings. The fourth-order valence-corrected chi connectivity index (χ4v) is 3.87. The number of nitrogens with zero attached hydrogens (tertiary/aromatic N) is 2. The minimum atomic E-state index is -0.602. The Hall–Kier alpha value is -2.57. The van der Waals surface area contributed by atoms with Crippen molar-refractivity contribution in [1.29, 1.82) is 0 Å². The Labute approximate surface area is 179 Å². The molecule has 162 valence electrons. The van der Waals surface area contributed by atoms with E-state index in [2.05, 4.69) is 41.8 Å². The largest absolute Gasteiger partial charge is 0.493 e. The molecule has 0 radical (unpaired) electrons. The first kappa shape index (κ1) is 22.1. The molecule has 1 fully saturated rings. The topological polar surface area (TPSA) is 62.2 Å². The highest BCUT2D eigenvalue weighted by Crippen LogP contribution is 2.28. The second kappa shape index (κ2) is 9.96. The molecule has 1 saturated heterocycles. The van der Waals surface area contributed by atoms with Gasteiger partial charge in [-0.3, -0.25) is 9.69 Å². The van der Waals surface area contributed by atoms with Gasteiger partial charge in [-0.05, 0) is 50.6 Å². The standard InChI is InChI=1S/C24H32N2O4/c1-17-5-7-22(18(2)13-17)26-11-9-25(10-12-26)15-21(28)16-30-23-8-6-20(19(3)27)14-24(23)29-4/h5-8,13-14,21,28H,9-12,15-16H2,1-4H3/t21-/m1/s1. The van der Waals surface area contributed by atoms with Crippen molar-refractivity contribution in [2.24, 2.45) is 0 Å². The zero-order chi connectivity index (χ0) is 21.7. The van der Waals surface area contributed by atoms with E-state index in [4.69, 9.17) is 9.47 Å². The zero-order valence-electron chi connectivity index (χ0n) is 18.4. The number of piperazine rings is 1. The highest BCUT2D eigenvalue weighted by molar-refractivity contribution is 5.94. The number of carbonyl (C=O) groups excluding carboxylic acids is 1. The third kappa shape index (κ3) is 5.52. The van der Waals surface area contributed by atoms with Gasteiger partial charge in [0, 0.05) is 44.0 Å². The van der Waals surface area contributed by atoms with E-state index in [0.29, 0.717) is 23.6 Å². The molecule has 0 saturated carbocycles. The minimum Gasteiger partial charge on any atom is -0.493 e. The molecule has 1 aliphatic heterocycles. The Morgan fingerprint density at radius 2 is 1.80 bits per heavy atom. The van der Waals surface area contributed by atoms with Gasteiger partial charge >= 0.3 is 0 Å². The van der Waals surface area contributed by atoms with Gasteiger partial charge in [0.25, 0.3) is 0 Å². The number of aryl methyl sites for hydroxylation is 2. The number of hydrogen-bond acceptors (Lipinski definition) is 6. The normalized spacial score (nSPS) is 15.7. The van der Waals surface area contributed by atoms with Crippen molar-refractivity contribution >= 4 is 11.5 Å². The lowest BCUT2D eigenvalue weighted by atomic mass is 10.1. The Kier molecular flexibility index (Phi) is 7.34. The quantitative estimate of drug-likeness (QED) is 0.673. The average Bonchev–Trinajstić information content (AvgIpc) is 2.73. The molecule has 6 nitrogen and oxygen atoms in total. The number of aliphatic hydroxyl groups is 1. The maximum absolute atomic E-state index is 11.5. The van der Waals surface area contributed by atoms with Crippen LogP contribution in [0.2, 0.25) is 0 Å². The molecule has 0 bridgehead atoms. The number of ketones is 1. The number of ether oxygens (including phenoxy) is 2. The minimum absolute atomic E-state index is 0.0279. The van der Waals surface area contributed by atoms with Crippen LogP contribution in [0.1, 0.15) is 28.4 Å². The van der Waals surface area contributed by atoms with Crippen LogP contribution in [0.5, 0.6) is 11.5 Å². The van der Waals surface area contributed by atoms with E-state index in [-0.39, 0.29) is 12.4 Å². The summed E-state index contributed by atoms with van der Waals surface area (Å²) in [6, 6.07) is 11.7. The lowest BCUT2D eigenvalue weighted by molar-refractivity contribution is 0.0653. The van der Waals surface area contributed by atoms with Crippen molar-refractivity contribution in [3.8, 4) is 11.5 Å². The monoisotopic (exact) mass is 412 g/mol. The molecule has 2 aromatic carbocycles. The van der Waals surface area contributed by atoms with Gasteiger partial charge in [-0.15, -0.1) is 0 Å². The van der Waals surface area contributed by atoms with E-state index in [1.807, 2.05) is 0 Å². The summed E-state index contributed by atoms with van der Waals surface area (Å²) >= 11 is 0. The molecule has 0 unspecified atom stereocenters. The Balaban J connectivity index is 1.48. The number of methoxy groups -OCH3 is 1. The second-order valence-electron chi connectivity index (χ2n) is 7.96. The Bertz CT molecular complexity index is 876. The first-order valence-corrected chi connectivity index (χ1v) is 10.4. The molecular weight excluding hydrogens is 380 g/mol. The molecular formula is C24H32N2O4. The Morgan fingerprint density at radius 1 is 1.07 bits per heavy atom. The van der Waals surface area contributed by atoms with Crippen LogP contribution < -0.4 is 14.4 Å². The SMILES string of the molecule is COc1cc(C(C)=O)ccc1OC[C@H](O)CN1CCN(c2ccc(C)cc2C)CC1. The van der Waals surface area contributed by atoms with Crippen molar-refractivity contribution in [3.05, 3.63) is 53.1 Å². The van der Waals surface area contributed by atoms with Crippen LogP contribution in [0.4, 0.5) is 5.69 Å². The predicted molar refractivity (Wildman–Crippen MR) is 119 cm³/mol. The van der Waals surface area contributed by atoms with Crippen molar-refractivity contribution < 1.29 is 19.4 Å². The lowest BCUT2D eigenvalue weighted by Crippen LogP contribution is -2.49. The number of benzene rings is 2. The van der Waals surface area contributed by atoms with Crippen molar-refractivity contribution in [2.75, 3.05) is 51.3 Å². The van der Waals surface area contributed by atoms with Crippen LogP contribution in [-0.4, -0.2) is 68.3 Å². The molecule has 1 atom stereocenters. The van der Waals surface area contributed by atoms with E-state index in [0.717, 1.165) is 26.2 Å². The summed E-state index contributed by atoms with van der Waals surface area (Å²) in [7, 11) is 1.54. The second-order valence-corrected chi connectivity index (χ2v) is 7.96. The van der Waals surface area contributed by atoms with E-state index in [1.165, 1.54) is 30.8 Å². The highest BCUT2D eigenvalue weighted by Gasteiger charge is 2.21. The summed E-state index contributed by atoms with van der Waals surface area (Å²) in [6.07, 6.45) is -0.602. The first-order chi connectivity index (χ1) is 14.4. The molecule has 0 spiro atoms. The maximum atomic E-state index is 11.5. The van der Waals surface area contributed by atoms with E-state index in [9.17, 15) is 9.90 Å². The van der Waals surface area contributed by atoms with E-state index in [1.54, 1.807) is 18.2 Å². The predicted octanol–water partition coefficient (Wildman–Crippen LogP) is 3.08. The van der Waals surface area contributed by atoms with Gasteiger partial charge in [0.15, 0.2) is 17.3 Å². The molecule has 1 N–H and O–H groups in total. The smallest absolute Gasteiger partial charge is 0.161 e. The number of hydrogen-bond donors (Lipinski definition) is 1. The summed E-state index contributed by atoms with van der Waals surface area (Å²) in [5.41, 5.74) is 4.46. The van der Waals surface area contributed by atoms with Gasteiger partial charge in [-0.1, -0.05) is 17.7 Å². The van der Waals surface area contributed by atoms with Crippen molar-refractivity contribution in [3.63, 3.8) is 0 Å². The van der Waals surface area contributed by atoms with Gasteiger partial charge in [0.1, 0.15) is 12.7 Å². The van der Waals surface area contributed by atoms with Gasteiger partial charge in [-0.2, -0.15) is 0 Å². The van der Waals surface area contributed by atoms with Crippen LogP contribution in [-0.2, 0) is 0 Å². The number of carbonyl (C=O) groups is 1. The zero-order valence-corrected chi connectivity index (χ0v) is 18.4. The third-order valence-electron chi connectivity index (χ3n) is 5.54. The molecule has 0 aromatic heterocycles. The van der Waals surface area contributed by atoms with Crippen molar-refractivity contribution in [2.45, 2.75) is 26.9 Å². The number of Topliss-reactive ketones (excluding diaryl/α,β-unsaturated/α-hetero) is 1. The van der Waals surface area contributed by atoms with Crippen molar-refractivity contribution in [1.82, 2.24) is 4.90 Å². The summed E-state index contributed by atoms with van der Waals surface area (Å²) in [5, 5.41) is 10.5. The molecule has 30 heavy (non-hydrogen) atoms. The molecule has 1 heterocycles. The fourth-order valence-electron chi connectivity index (χ4n) is 3.87. The summed E-state index contributed by atoms with van der Waals surface area (Å²) < 4.78 is 11.1. The average molecular weight is 413 g/mol. The van der Waals surface area contributed by atoms with Crippen LogP contribution >= 0.6 is 0 Å². The fraction of sp³-hybridized carbons (Fsp3) is 0.458. The van der Waals surface area contributed by atoms with Crippen LogP contribution in [0.25, 0.3) is 0 Å². The van der Waals surface area contributed by atoms with Gasteiger partial charge < -0.3 is 19.5 Å². The number of aliphatic hydroxyl groups excluding tert-OH is 1. The molecule has 2 aromatic rings. The molecule has 3 rings (SSSR count). The summed E-state index contributed by atoms with van der Waals surface area (Å²) in [4.78, 5) is 16.2. The van der Waals surface area contributed by atoms with E-state index < -0.39 is 6.10 Å². The summed E-state index contributed by atoms with van der Waals surface area (Å²) in [5.74, 6) is 0.998. The van der Waals surface area contributed by atoms with Crippen LogP contribution in [0.15, 0.2) is 36.4 Å². The first-order valence-electron chi connectivity index (χ1n) is 10.4. The third-order valence-corrected chi connectivity index (χ3v) is 5.54. The van der Waals surface area contributed by atoms with Gasteiger partial charge in [0.2, 0.25) is 0 Å². The molecule has 0 aliphatic carbocycles. The van der Waals surface area contributed by atoms with E-state index >= 15 is 0 Å². The number of rotatable bonds is 8. The molecule has 0 amide bonds. The Morgan fingerprint density at radius 3 is 2.43 bits per heavy atom. The highest BCUT2D eigenvalue weighted by atomic mass is 16.5. The molecule has 6 heteroatoms. The number of β-amino-alcohol motifs (C(OH)–C–C–N with tert-alkyl or cyclic N) is 1. The van der Waals surface area contributed by atoms with Gasteiger partial charge in [0.05, 0.1) is 7.11 Å². The van der Waals surface area contributed by atoms with Crippen LogP contribution in [0.3, 0.4) is 0 Å². The van der Waals surface area contributed by atoms with Gasteiger partial charge in [-0.25, -0.2) is 0 Å². The lowest BCUT2D eigenvalue weighted by Gasteiger charge is -2.37. The van der Waals surface area contributed by atoms with Crippen LogP contribution in [0, 0.1) is 13.8 Å². The maximum Gasteiger partial charge on any atom is 0.161 e. The summed E-state index contributed by atoms with van der Waals surface area (Å²) in [6.45, 7) is 10.2. The number of anilines is 1.